The van der Waals surface area contributed by atoms with Gasteiger partial charge < -0.3 is 9.30 Å². The number of imidazole rings is 1. The van der Waals surface area contributed by atoms with Crippen molar-refractivity contribution in [1.82, 2.24) is 39.3 Å². The summed E-state index contributed by atoms with van der Waals surface area (Å²) in [4.78, 5) is 32.1. The minimum Gasteiger partial charge on any atom is -0.361 e. The minimum atomic E-state index is -0.633. The van der Waals surface area contributed by atoms with Crippen molar-refractivity contribution in [2.24, 2.45) is 0 Å². The Labute approximate surface area is 228 Å². The van der Waals surface area contributed by atoms with E-state index in [1.165, 1.54) is 16.2 Å². The molecule has 11 heteroatoms. The Morgan fingerprint density at radius 2 is 1.62 bits per heavy atom. The fourth-order valence-electron chi connectivity index (χ4n) is 4.93. The van der Waals surface area contributed by atoms with Gasteiger partial charge in [-0.15, -0.1) is 10.2 Å². The molecule has 11 nitrogen and oxygen atoms in total. The topological polar surface area (TPSA) is 126 Å². The second-order valence-electron chi connectivity index (χ2n) is 9.36. The molecule has 0 saturated heterocycles. The van der Waals surface area contributed by atoms with Gasteiger partial charge in [0.2, 0.25) is 5.82 Å². The van der Waals surface area contributed by atoms with E-state index >= 15 is 0 Å². The first-order chi connectivity index (χ1) is 19.5. The molecule has 1 unspecified atom stereocenters. The molecule has 40 heavy (non-hydrogen) atoms. The summed E-state index contributed by atoms with van der Waals surface area (Å²) in [6, 6.07) is 24.8. The minimum absolute atomic E-state index is 0.291. The van der Waals surface area contributed by atoms with Crippen LogP contribution in [0.15, 0.2) is 88.5 Å². The summed E-state index contributed by atoms with van der Waals surface area (Å²) in [5.41, 5.74) is 3.96. The number of fused-ring (bicyclic) bond motifs is 1. The molecule has 1 atom stereocenters. The van der Waals surface area contributed by atoms with Gasteiger partial charge in [-0.1, -0.05) is 66.7 Å². The highest BCUT2D eigenvalue weighted by molar-refractivity contribution is 5.80. The third-order valence-corrected chi connectivity index (χ3v) is 7.01. The number of methoxy groups -OCH3 is 1. The Hall–Kier alpha value is -5.16. The number of H-pyrrole nitrogens is 1. The lowest BCUT2D eigenvalue weighted by Gasteiger charge is -2.17. The molecule has 1 N–H and O–H groups in total. The number of tetrazole rings is 1. The summed E-state index contributed by atoms with van der Waals surface area (Å²) in [7, 11) is 1.52. The molecule has 0 fully saturated rings. The summed E-state index contributed by atoms with van der Waals surface area (Å²) in [5.74, 6) is 1.13. The van der Waals surface area contributed by atoms with Crippen LogP contribution in [0, 0.1) is 6.92 Å². The third-order valence-electron chi connectivity index (χ3n) is 7.01. The summed E-state index contributed by atoms with van der Waals surface area (Å²) in [6.07, 6.45) is -0.633. The number of aromatic amines is 1. The van der Waals surface area contributed by atoms with Gasteiger partial charge in [0.15, 0.2) is 11.2 Å². The van der Waals surface area contributed by atoms with Crippen molar-refractivity contribution in [3.63, 3.8) is 0 Å². The molecule has 3 heterocycles. The van der Waals surface area contributed by atoms with Gasteiger partial charge in [-0.3, -0.25) is 4.79 Å². The van der Waals surface area contributed by atoms with Crippen LogP contribution in [0.4, 0.5) is 0 Å². The van der Waals surface area contributed by atoms with Crippen molar-refractivity contribution in [3.05, 3.63) is 111 Å². The summed E-state index contributed by atoms with van der Waals surface area (Å²) < 4.78 is 9.94. The van der Waals surface area contributed by atoms with Gasteiger partial charge >= 0.3 is 5.69 Å². The van der Waals surface area contributed by atoms with Crippen molar-refractivity contribution < 1.29 is 4.74 Å². The zero-order chi connectivity index (χ0) is 27.8. The van der Waals surface area contributed by atoms with Crippen molar-refractivity contribution >= 4 is 11.2 Å². The Morgan fingerprint density at radius 1 is 0.925 bits per heavy atom. The van der Waals surface area contributed by atoms with E-state index in [4.69, 9.17) is 4.74 Å². The average molecular weight is 535 g/mol. The van der Waals surface area contributed by atoms with Crippen LogP contribution in [0.5, 0.6) is 0 Å². The molecular weight excluding hydrogens is 508 g/mol. The maximum absolute atomic E-state index is 13.9. The lowest BCUT2D eigenvalue weighted by atomic mass is 9.98. The van der Waals surface area contributed by atoms with Crippen LogP contribution in [0.1, 0.15) is 24.5 Å². The van der Waals surface area contributed by atoms with Crippen molar-refractivity contribution in [3.8, 4) is 28.2 Å². The standard InChI is InChI=1S/C29H26N8O3/c1-18-30-27-25(28(38)37(22-9-5-4-6-10-22)29(39)36(27)19(2)40-3)35(18)17-20-13-15-21(16-14-20)23-11-7-8-12-24(23)26-31-33-34-32-26/h4-16,19H,17H2,1-3H3,(H,31,32,33,34). The Kier molecular flexibility index (Phi) is 6.40. The second-order valence-corrected chi connectivity index (χ2v) is 9.36. The molecule has 0 aliphatic rings. The molecule has 200 valence electrons. The summed E-state index contributed by atoms with van der Waals surface area (Å²) >= 11 is 0. The largest absolute Gasteiger partial charge is 0.361 e. The first-order valence-corrected chi connectivity index (χ1v) is 12.7. The van der Waals surface area contributed by atoms with Gasteiger partial charge in [0.25, 0.3) is 5.56 Å². The lowest BCUT2D eigenvalue weighted by Crippen LogP contribution is -2.41. The number of nitrogens with zero attached hydrogens (tertiary/aromatic N) is 7. The molecule has 0 radical (unpaired) electrons. The molecule has 0 aliphatic heterocycles. The Bertz CT molecular complexity index is 1920. The summed E-state index contributed by atoms with van der Waals surface area (Å²) in [6.45, 7) is 3.97. The molecule has 0 saturated carbocycles. The number of para-hydroxylation sites is 1. The maximum atomic E-state index is 13.9. The van der Waals surface area contributed by atoms with Crippen LogP contribution in [-0.2, 0) is 11.3 Å². The van der Waals surface area contributed by atoms with Crippen LogP contribution < -0.4 is 11.2 Å². The first-order valence-electron chi connectivity index (χ1n) is 12.7. The molecule has 3 aromatic carbocycles. The Balaban J connectivity index is 1.45. The number of hydrogen-bond acceptors (Lipinski definition) is 7. The van der Waals surface area contributed by atoms with Gasteiger partial charge in [-0.2, -0.15) is 5.21 Å². The van der Waals surface area contributed by atoms with Crippen LogP contribution >= 0.6 is 0 Å². The molecule has 6 aromatic rings. The fourth-order valence-corrected chi connectivity index (χ4v) is 4.93. The monoisotopic (exact) mass is 534 g/mol. The van der Waals surface area contributed by atoms with Crippen LogP contribution in [0.2, 0.25) is 0 Å². The van der Waals surface area contributed by atoms with Gasteiger partial charge in [-0.05, 0) is 47.9 Å². The van der Waals surface area contributed by atoms with E-state index in [1.807, 2.05) is 66.1 Å². The predicted octanol–water partition coefficient (Wildman–Crippen LogP) is 3.72. The molecule has 0 spiro atoms. The highest BCUT2D eigenvalue weighted by Gasteiger charge is 2.23. The SMILES string of the molecule is COC(C)n1c(=O)n(-c2ccccc2)c(=O)c2c1nc(C)n2Cc1ccc(-c2ccccc2-c2nn[nH]n2)cc1. The number of ether oxygens (including phenoxy) is 1. The van der Waals surface area contributed by atoms with Gasteiger partial charge in [0.05, 0.1) is 5.69 Å². The van der Waals surface area contributed by atoms with Crippen LogP contribution in [0.25, 0.3) is 39.4 Å². The zero-order valence-electron chi connectivity index (χ0n) is 22.1. The highest BCUT2D eigenvalue weighted by atomic mass is 16.5. The molecule has 6 rings (SSSR count). The van der Waals surface area contributed by atoms with Crippen molar-refractivity contribution in [2.45, 2.75) is 26.6 Å². The van der Waals surface area contributed by atoms with Gasteiger partial charge in [0.1, 0.15) is 12.1 Å². The van der Waals surface area contributed by atoms with Gasteiger partial charge in [-0.25, -0.2) is 18.9 Å². The van der Waals surface area contributed by atoms with Crippen molar-refractivity contribution in [1.29, 1.82) is 0 Å². The van der Waals surface area contributed by atoms with E-state index in [1.54, 1.807) is 31.2 Å². The zero-order valence-corrected chi connectivity index (χ0v) is 22.1. The second kappa shape index (κ2) is 10.2. The maximum Gasteiger partial charge on any atom is 0.339 e. The number of nitrogens with one attached hydrogen (secondary N) is 1. The van der Waals surface area contributed by atoms with Crippen molar-refractivity contribution in [2.75, 3.05) is 7.11 Å². The summed E-state index contributed by atoms with van der Waals surface area (Å²) in [5, 5.41) is 14.4. The number of benzene rings is 3. The van der Waals surface area contributed by atoms with E-state index < -0.39 is 17.5 Å². The Morgan fingerprint density at radius 3 is 2.30 bits per heavy atom. The lowest BCUT2D eigenvalue weighted by molar-refractivity contribution is 0.0592. The van der Waals surface area contributed by atoms with E-state index in [0.29, 0.717) is 35.0 Å². The fraction of sp³-hybridized carbons (Fsp3) is 0.172. The normalized spacial score (nSPS) is 12.2. The first kappa shape index (κ1) is 25.1. The van der Waals surface area contributed by atoms with E-state index in [-0.39, 0.29) is 0 Å². The third kappa shape index (κ3) is 4.22. The van der Waals surface area contributed by atoms with Gasteiger partial charge in [0, 0.05) is 19.2 Å². The van der Waals surface area contributed by atoms with Crippen LogP contribution in [-0.4, -0.2) is 46.4 Å². The average Bonchev–Trinajstić information content (AvgIpc) is 3.63. The molecule has 0 amide bonds. The quantitative estimate of drug-likeness (QED) is 0.331. The molecule has 0 aliphatic carbocycles. The number of rotatable bonds is 7. The number of aryl methyl sites for hydroxylation is 1. The predicted molar refractivity (Wildman–Crippen MR) is 150 cm³/mol. The number of aromatic nitrogens is 8. The molecule has 3 aromatic heterocycles. The highest BCUT2D eigenvalue weighted by Crippen LogP contribution is 2.30. The van der Waals surface area contributed by atoms with E-state index in [9.17, 15) is 9.59 Å². The van der Waals surface area contributed by atoms with E-state index in [2.05, 4.69) is 25.6 Å². The number of hydrogen-bond donors (Lipinski definition) is 1. The smallest absolute Gasteiger partial charge is 0.339 e. The van der Waals surface area contributed by atoms with Crippen LogP contribution in [0.3, 0.4) is 0 Å². The van der Waals surface area contributed by atoms with E-state index in [0.717, 1.165) is 22.3 Å². The molecular formula is C29H26N8O3. The molecule has 0 bridgehead atoms.